The van der Waals surface area contributed by atoms with Gasteiger partial charge in [0.2, 0.25) is 0 Å². The number of anilines is 3. The zero-order valence-electron chi connectivity index (χ0n) is 15.4. The van der Waals surface area contributed by atoms with E-state index < -0.39 is 5.97 Å². The van der Waals surface area contributed by atoms with Crippen LogP contribution in [0.25, 0.3) is 0 Å². The van der Waals surface area contributed by atoms with Crippen LogP contribution in [0.5, 0.6) is 5.75 Å². The molecule has 0 saturated carbocycles. The molecular weight excluding hydrogens is 358 g/mol. The molecule has 0 aliphatic rings. The van der Waals surface area contributed by atoms with Gasteiger partial charge in [-0.05, 0) is 42.5 Å². The summed E-state index contributed by atoms with van der Waals surface area (Å²) in [6, 6.07) is 17.3. The second kappa shape index (κ2) is 8.68. The van der Waals surface area contributed by atoms with E-state index in [1.807, 2.05) is 6.07 Å². The van der Waals surface area contributed by atoms with Gasteiger partial charge in [-0.1, -0.05) is 12.1 Å². The number of esters is 1. The Morgan fingerprint density at radius 3 is 2.39 bits per heavy atom. The van der Waals surface area contributed by atoms with Crippen molar-refractivity contribution in [1.82, 2.24) is 4.98 Å². The van der Waals surface area contributed by atoms with E-state index in [1.165, 1.54) is 7.11 Å². The summed E-state index contributed by atoms with van der Waals surface area (Å²) in [7, 11) is 2.90. The lowest BCUT2D eigenvalue weighted by atomic mass is 10.2. The molecule has 0 spiro atoms. The number of methoxy groups -OCH3 is 2. The summed E-state index contributed by atoms with van der Waals surface area (Å²) in [5, 5.41) is 5.91. The maximum atomic E-state index is 12.3. The van der Waals surface area contributed by atoms with Crippen molar-refractivity contribution in [3.05, 3.63) is 78.1 Å². The highest BCUT2D eigenvalue weighted by Crippen LogP contribution is 2.19. The first-order chi connectivity index (χ1) is 13.6. The average Bonchev–Trinajstić information content (AvgIpc) is 2.74. The second-order valence-electron chi connectivity index (χ2n) is 5.82. The van der Waals surface area contributed by atoms with Gasteiger partial charge in [-0.25, -0.2) is 9.78 Å². The number of carbonyl (C=O) groups is 2. The molecule has 0 atom stereocenters. The normalized spacial score (nSPS) is 10.1. The van der Waals surface area contributed by atoms with Crippen molar-refractivity contribution in [2.24, 2.45) is 0 Å². The molecule has 1 heterocycles. The smallest absolute Gasteiger partial charge is 0.337 e. The highest BCUT2D eigenvalue weighted by molar-refractivity contribution is 6.03. The molecule has 0 aliphatic carbocycles. The predicted octanol–water partition coefficient (Wildman–Crippen LogP) is 3.87. The quantitative estimate of drug-likeness (QED) is 0.634. The average molecular weight is 377 g/mol. The summed E-state index contributed by atoms with van der Waals surface area (Å²) in [4.78, 5) is 28.2. The summed E-state index contributed by atoms with van der Waals surface area (Å²) < 4.78 is 9.86. The monoisotopic (exact) mass is 377 g/mol. The van der Waals surface area contributed by atoms with Crippen LogP contribution in [0.2, 0.25) is 0 Å². The Hall–Kier alpha value is -3.87. The number of benzene rings is 2. The molecule has 1 aromatic heterocycles. The number of amides is 1. The molecule has 3 rings (SSSR count). The third-order valence-corrected chi connectivity index (χ3v) is 3.90. The van der Waals surface area contributed by atoms with Crippen molar-refractivity contribution >= 4 is 28.9 Å². The number of nitrogens with zero attached hydrogens (tertiary/aromatic N) is 1. The number of hydrogen-bond donors (Lipinski definition) is 2. The van der Waals surface area contributed by atoms with Crippen LogP contribution in [0, 0.1) is 0 Å². The highest BCUT2D eigenvalue weighted by Gasteiger charge is 2.09. The molecule has 2 N–H and O–H groups in total. The van der Waals surface area contributed by atoms with Crippen LogP contribution in [0.15, 0.2) is 66.9 Å². The summed E-state index contributed by atoms with van der Waals surface area (Å²) in [5.74, 6) is -0.0849. The van der Waals surface area contributed by atoms with Gasteiger partial charge in [0, 0.05) is 17.4 Å². The molecule has 0 unspecified atom stereocenters. The number of hydrogen-bond acceptors (Lipinski definition) is 6. The van der Waals surface area contributed by atoms with Crippen molar-refractivity contribution in [2.45, 2.75) is 0 Å². The standard InChI is InChI=1S/C21H19N3O4/c1-27-18-8-4-7-16(12-18)24-20(25)19-10-9-17(13-22-19)23-15-6-3-5-14(11-15)21(26)28-2/h3-13,23H,1-2H3,(H,24,25). The Labute approximate surface area is 162 Å². The van der Waals surface area contributed by atoms with Gasteiger partial charge in [-0.2, -0.15) is 0 Å². The zero-order valence-corrected chi connectivity index (χ0v) is 15.4. The van der Waals surface area contributed by atoms with E-state index in [0.29, 0.717) is 28.4 Å². The largest absolute Gasteiger partial charge is 0.497 e. The molecule has 1 amide bonds. The number of pyridine rings is 1. The van der Waals surface area contributed by atoms with Crippen molar-refractivity contribution in [3.63, 3.8) is 0 Å². The van der Waals surface area contributed by atoms with E-state index in [0.717, 1.165) is 0 Å². The fourth-order valence-electron chi connectivity index (χ4n) is 2.51. The van der Waals surface area contributed by atoms with Gasteiger partial charge >= 0.3 is 5.97 Å². The second-order valence-corrected chi connectivity index (χ2v) is 5.82. The van der Waals surface area contributed by atoms with Gasteiger partial charge < -0.3 is 20.1 Å². The van der Waals surface area contributed by atoms with E-state index in [-0.39, 0.29) is 11.6 Å². The fourth-order valence-corrected chi connectivity index (χ4v) is 2.51. The molecule has 142 valence electrons. The highest BCUT2D eigenvalue weighted by atomic mass is 16.5. The van der Waals surface area contributed by atoms with Crippen LogP contribution in [0.4, 0.5) is 17.1 Å². The number of carbonyl (C=O) groups excluding carboxylic acids is 2. The van der Waals surface area contributed by atoms with Crippen LogP contribution >= 0.6 is 0 Å². The van der Waals surface area contributed by atoms with E-state index in [4.69, 9.17) is 9.47 Å². The Bertz CT molecular complexity index is 987. The lowest BCUT2D eigenvalue weighted by molar-refractivity contribution is 0.0600. The molecule has 3 aromatic rings. The van der Waals surface area contributed by atoms with E-state index in [9.17, 15) is 9.59 Å². The van der Waals surface area contributed by atoms with Gasteiger partial charge in [0.15, 0.2) is 0 Å². The van der Waals surface area contributed by atoms with Crippen LogP contribution in [0.1, 0.15) is 20.8 Å². The molecule has 28 heavy (non-hydrogen) atoms. The predicted molar refractivity (Wildman–Crippen MR) is 106 cm³/mol. The zero-order chi connectivity index (χ0) is 19.9. The third-order valence-electron chi connectivity index (χ3n) is 3.90. The first-order valence-electron chi connectivity index (χ1n) is 8.46. The SMILES string of the molecule is COC(=O)c1cccc(Nc2ccc(C(=O)Nc3cccc(OC)c3)nc2)c1. The van der Waals surface area contributed by atoms with Crippen molar-refractivity contribution in [2.75, 3.05) is 24.9 Å². The van der Waals surface area contributed by atoms with Crippen LogP contribution in [-0.2, 0) is 4.74 Å². The van der Waals surface area contributed by atoms with Gasteiger partial charge in [0.05, 0.1) is 31.7 Å². The van der Waals surface area contributed by atoms with Gasteiger partial charge in [-0.3, -0.25) is 4.79 Å². The molecule has 0 saturated heterocycles. The molecule has 0 bridgehead atoms. The summed E-state index contributed by atoms with van der Waals surface area (Å²) in [5.41, 5.74) is 2.72. The number of nitrogens with one attached hydrogen (secondary N) is 2. The molecule has 2 aromatic carbocycles. The van der Waals surface area contributed by atoms with Crippen molar-refractivity contribution in [3.8, 4) is 5.75 Å². The summed E-state index contributed by atoms with van der Waals surface area (Å²) in [6.45, 7) is 0. The molecular formula is C21H19N3O4. The summed E-state index contributed by atoms with van der Waals surface area (Å²) in [6.07, 6.45) is 1.55. The minimum atomic E-state index is -0.411. The lowest BCUT2D eigenvalue weighted by Crippen LogP contribution is -2.13. The van der Waals surface area contributed by atoms with E-state index in [2.05, 4.69) is 15.6 Å². The van der Waals surface area contributed by atoms with Crippen molar-refractivity contribution < 1.29 is 19.1 Å². The lowest BCUT2D eigenvalue weighted by Gasteiger charge is -2.09. The summed E-state index contributed by atoms with van der Waals surface area (Å²) >= 11 is 0. The Kier molecular flexibility index (Phi) is 5.86. The maximum Gasteiger partial charge on any atom is 0.337 e. The molecule has 0 aliphatic heterocycles. The van der Waals surface area contributed by atoms with Gasteiger partial charge in [0.1, 0.15) is 11.4 Å². The Balaban J connectivity index is 1.67. The van der Waals surface area contributed by atoms with E-state index >= 15 is 0 Å². The minimum Gasteiger partial charge on any atom is -0.497 e. The number of ether oxygens (including phenoxy) is 2. The number of aromatic nitrogens is 1. The first kappa shape index (κ1) is 18.9. The van der Waals surface area contributed by atoms with Crippen LogP contribution in [0.3, 0.4) is 0 Å². The number of rotatable bonds is 6. The molecule has 0 radical (unpaired) electrons. The fraction of sp³-hybridized carbons (Fsp3) is 0.0952. The van der Waals surface area contributed by atoms with Gasteiger partial charge in [0.25, 0.3) is 5.91 Å². The molecule has 0 fully saturated rings. The maximum absolute atomic E-state index is 12.3. The van der Waals surface area contributed by atoms with Crippen LogP contribution < -0.4 is 15.4 Å². The Morgan fingerprint density at radius 2 is 1.68 bits per heavy atom. The topological polar surface area (TPSA) is 89.5 Å². The van der Waals surface area contributed by atoms with E-state index in [1.54, 1.807) is 67.9 Å². The molecule has 7 heteroatoms. The first-order valence-corrected chi connectivity index (χ1v) is 8.46. The van der Waals surface area contributed by atoms with Gasteiger partial charge in [-0.15, -0.1) is 0 Å². The van der Waals surface area contributed by atoms with Crippen molar-refractivity contribution in [1.29, 1.82) is 0 Å². The Morgan fingerprint density at radius 1 is 0.893 bits per heavy atom. The molecule has 7 nitrogen and oxygen atoms in total. The third kappa shape index (κ3) is 4.64. The minimum absolute atomic E-state index is 0.275. The van der Waals surface area contributed by atoms with Crippen LogP contribution in [-0.4, -0.2) is 31.1 Å².